The van der Waals surface area contributed by atoms with E-state index in [1.165, 1.54) is 12.1 Å². The number of ether oxygens (including phenoxy) is 1. The van der Waals surface area contributed by atoms with Gasteiger partial charge in [-0.15, -0.1) is 0 Å². The van der Waals surface area contributed by atoms with Crippen molar-refractivity contribution in [3.8, 4) is 0 Å². The van der Waals surface area contributed by atoms with Crippen LogP contribution in [0.15, 0.2) is 53.4 Å². The van der Waals surface area contributed by atoms with Gasteiger partial charge in [-0.3, -0.25) is 9.62 Å². The molecule has 24 heavy (non-hydrogen) atoms. The highest BCUT2D eigenvalue weighted by Gasteiger charge is 2.14. The van der Waals surface area contributed by atoms with E-state index in [4.69, 9.17) is 4.74 Å². The molecule has 0 amide bonds. The maximum Gasteiger partial charge on any atom is 0.261 e. The molecule has 3 rings (SSSR count). The van der Waals surface area contributed by atoms with Crippen LogP contribution in [0.3, 0.4) is 0 Å². The summed E-state index contributed by atoms with van der Waals surface area (Å²) in [6, 6.07) is 12.0. The Labute approximate surface area is 141 Å². The Bertz CT molecular complexity index is 770. The first-order valence-electron chi connectivity index (χ1n) is 7.70. The Morgan fingerprint density at radius 1 is 1.00 bits per heavy atom. The number of rotatable bonds is 5. The second-order valence-electron chi connectivity index (χ2n) is 5.64. The number of hydrogen-bond donors (Lipinski definition) is 1. The second kappa shape index (κ2) is 7.29. The number of nitrogens with one attached hydrogen (secondary N) is 1. The molecule has 1 N–H and O–H groups in total. The Hall–Kier alpha value is -1.96. The van der Waals surface area contributed by atoms with Gasteiger partial charge < -0.3 is 4.74 Å². The third-order valence-corrected chi connectivity index (χ3v) is 5.24. The Balaban J connectivity index is 1.66. The van der Waals surface area contributed by atoms with Crippen LogP contribution < -0.4 is 4.72 Å². The average molecular weight is 350 g/mol. The van der Waals surface area contributed by atoms with Crippen LogP contribution in [-0.2, 0) is 21.3 Å². The highest BCUT2D eigenvalue weighted by molar-refractivity contribution is 7.92. The quantitative estimate of drug-likeness (QED) is 0.900. The van der Waals surface area contributed by atoms with E-state index in [1.807, 2.05) is 12.1 Å². The summed E-state index contributed by atoms with van der Waals surface area (Å²) in [4.78, 5) is 2.32. The zero-order chi connectivity index (χ0) is 17.0. The summed E-state index contributed by atoms with van der Waals surface area (Å²) in [6.45, 7) is 4.11. The Morgan fingerprint density at radius 2 is 1.62 bits per heavy atom. The first-order valence-corrected chi connectivity index (χ1v) is 9.19. The molecule has 1 aliphatic rings. The highest BCUT2D eigenvalue weighted by atomic mass is 32.2. The van der Waals surface area contributed by atoms with E-state index >= 15 is 0 Å². The van der Waals surface area contributed by atoms with Crippen molar-refractivity contribution >= 4 is 15.7 Å². The van der Waals surface area contributed by atoms with Gasteiger partial charge in [0.15, 0.2) is 0 Å². The lowest BCUT2D eigenvalue weighted by atomic mass is 10.2. The number of benzene rings is 2. The molecule has 0 aromatic heterocycles. The summed E-state index contributed by atoms with van der Waals surface area (Å²) in [7, 11) is -3.71. The van der Waals surface area contributed by atoms with Crippen LogP contribution in [0, 0.1) is 5.82 Å². The van der Waals surface area contributed by atoms with Gasteiger partial charge in [0, 0.05) is 25.3 Å². The summed E-state index contributed by atoms with van der Waals surface area (Å²) in [5.41, 5.74) is 1.59. The topological polar surface area (TPSA) is 58.6 Å². The van der Waals surface area contributed by atoms with Crippen LogP contribution in [0.1, 0.15) is 5.56 Å². The fourth-order valence-electron chi connectivity index (χ4n) is 2.52. The van der Waals surface area contributed by atoms with Gasteiger partial charge in [-0.2, -0.15) is 0 Å². The molecule has 0 aliphatic carbocycles. The van der Waals surface area contributed by atoms with E-state index in [1.54, 1.807) is 12.1 Å². The van der Waals surface area contributed by atoms with E-state index in [9.17, 15) is 12.8 Å². The van der Waals surface area contributed by atoms with Crippen molar-refractivity contribution in [3.05, 3.63) is 59.9 Å². The Morgan fingerprint density at radius 3 is 2.25 bits per heavy atom. The summed E-state index contributed by atoms with van der Waals surface area (Å²) in [6.07, 6.45) is 0. The molecule has 1 saturated heterocycles. The molecule has 0 saturated carbocycles. The predicted molar refractivity (Wildman–Crippen MR) is 89.7 cm³/mol. The van der Waals surface area contributed by atoms with E-state index < -0.39 is 15.8 Å². The van der Waals surface area contributed by atoms with Gasteiger partial charge >= 0.3 is 0 Å². The van der Waals surface area contributed by atoms with Crippen molar-refractivity contribution < 1.29 is 17.5 Å². The van der Waals surface area contributed by atoms with Crippen LogP contribution in [0.5, 0.6) is 0 Å². The van der Waals surface area contributed by atoms with E-state index in [0.29, 0.717) is 5.69 Å². The molecule has 0 spiro atoms. The van der Waals surface area contributed by atoms with Crippen molar-refractivity contribution in [2.45, 2.75) is 11.4 Å². The number of sulfonamides is 1. The zero-order valence-corrected chi connectivity index (χ0v) is 13.9. The normalized spacial score (nSPS) is 16.0. The molecule has 128 valence electrons. The number of anilines is 1. The molecule has 0 radical (unpaired) electrons. The molecule has 1 aliphatic heterocycles. The first-order chi connectivity index (χ1) is 11.5. The van der Waals surface area contributed by atoms with Crippen molar-refractivity contribution in [3.63, 3.8) is 0 Å². The molecule has 0 bridgehead atoms. The van der Waals surface area contributed by atoms with Crippen LogP contribution >= 0.6 is 0 Å². The van der Waals surface area contributed by atoms with Crippen molar-refractivity contribution in [1.82, 2.24) is 4.90 Å². The molecule has 5 nitrogen and oxygen atoms in total. The van der Waals surface area contributed by atoms with Gasteiger partial charge in [0.1, 0.15) is 5.82 Å². The van der Waals surface area contributed by atoms with Crippen LogP contribution in [0.4, 0.5) is 10.1 Å². The average Bonchev–Trinajstić information content (AvgIpc) is 2.58. The summed E-state index contributed by atoms with van der Waals surface area (Å²) in [5, 5.41) is 0. The first kappa shape index (κ1) is 16.9. The van der Waals surface area contributed by atoms with Crippen LogP contribution in [-0.4, -0.2) is 39.6 Å². The van der Waals surface area contributed by atoms with Crippen LogP contribution in [0.25, 0.3) is 0 Å². The van der Waals surface area contributed by atoms with Gasteiger partial charge in [0.2, 0.25) is 0 Å². The second-order valence-corrected chi connectivity index (χ2v) is 7.33. The molecular formula is C17H19FN2O3S. The lowest BCUT2D eigenvalue weighted by Gasteiger charge is -2.26. The van der Waals surface area contributed by atoms with Crippen LogP contribution in [0.2, 0.25) is 0 Å². The van der Waals surface area contributed by atoms with E-state index in [-0.39, 0.29) is 4.90 Å². The molecule has 2 aromatic rings. The molecular weight excluding hydrogens is 331 g/mol. The number of hydrogen-bond acceptors (Lipinski definition) is 4. The van der Waals surface area contributed by atoms with Gasteiger partial charge in [-0.05, 0) is 42.0 Å². The molecule has 7 heteroatoms. The van der Waals surface area contributed by atoms with Gasteiger partial charge in [0.25, 0.3) is 10.0 Å². The number of halogens is 1. The fourth-order valence-corrected chi connectivity index (χ4v) is 3.58. The SMILES string of the molecule is O=S(=O)(Nc1ccc(CN2CCOCC2)cc1)c1ccc(F)cc1. The van der Waals surface area contributed by atoms with E-state index in [0.717, 1.165) is 50.5 Å². The maximum absolute atomic E-state index is 12.9. The largest absolute Gasteiger partial charge is 0.379 e. The van der Waals surface area contributed by atoms with Crippen molar-refractivity contribution in [2.75, 3.05) is 31.0 Å². The minimum Gasteiger partial charge on any atom is -0.379 e. The summed E-state index contributed by atoms with van der Waals surface area (Å²) >= 11 is 0. The minimum atomic E-state index is -3.71. The standard InChI is InChI=1S/C17H19FN2O3S/c18-15-3-7-17(8-4-15)24(21,22)19-16-5-1-14(2-6-16)13-20-9-11-23-12-10-20/h1-8,19H,9-13H2. The molecule has 1 heterocycles. The molecule has 0 atom stereocenters. The van der Waals surface area contributed by atoms with Gasteiger partial charge in [0.05, 0.1) is 18.1 Å². The summed E-state index contributed by atoms with van der Waals surface area (Å²) in [5.74, 6) is -0.471. The summed E-state index contributed by atoms with van der Waals surface area (Å²) < 4.78 is 45.2. The van der Waals surface area contributed by atoms with Gasteiger partial charge in [-0.1, -0.05) is 12.1 Å². The van der Waals surface area contributed by atoms with E-state index in [2.05, 4.69) is 9.62 Å². The van der Waals surface area contributed by atoms with Crippen molar-refractivity contribution in [2.24, 2.45) is 0 Å². The number of morpholine rings is 1. The highest BCUT2D eigenvalue weighted by Crippen LogP contribution is 2.18. The van der Waals surface area contributed by atoms with Gasteiger partial charge in [-0.25, -0.2) is 12.8 Å². The Kier molecular flexibility index (Phi) is 5.13. The third kappa shape index (κ3) is 4.31. The zero-order valence-electron chi connectivity index (χ0n) is 13.1. The molecule has 2 aromatic carbocycles. The molecule has 0 unspecified atom stereocenters. The van der Waals surface area contributed by atoms with Crippen molar-refractivity contribution in [1.29, 1.82) is 0 Å². The minimum absolute atomic E-state index is 0.0290. The predicted octanol–water partition coefficient (Wildman–Crippen LogP) is 2.46. The molecule has 1 fully saturated rings. The number of nitrogens with zero attached hydrogens (tertiary/aromatic N) is 1. The lowest BCUT2D eigenvalue weighted by Crippen LogP contribution is -2.35. The maximum atomic E-state index is 12.9. The lowest BCUT2D eigenvalue weighted by molar-refractivity contribution is 0.0342. The monoisotopic (exact) mass is 350 g/mol. The third-order valence-electron chi connectivity index (χ3n) is 3.84. The smallest absolute Gasteiger partial charge is 0.261 e. The fraction of sp³-hybridized carbons (Fsp3) is 0.294.